The Balaban J connectivity index is 1.86. The lowest BCUT2D eigenvalue weighted by Crippen LogP contribution is -2.26. The molecule has 0 bridgehead atoms. The topological polar surface area (TPSA) is 81.4 Å². The number of hydrogen-bond donors (Lipinski definition) is 2. The molecular formula is C13H18Br2N2O3S. The Morgan fingerprint density at radius 3 is 2.67 bits per heavy atom. The molecule has 0 unspecified atom stereocenters. The van der Waals surface area contributed by atoms with Gasteiger partial charge >= 0.3 is 0 Å². The van der Waals surface area contributed by atoms with Gasteiger partial charge in [0, 0.05) is 28.7 Å². The average Bonchev–Trinajstić information content (AvgIpc) is 3.15. The largest absolute Gasteiger partial charge is 0.398 e. The molecule has 1 aromatic rings. The maximum absolute atomic E-state index is 12.3. The Labute approximate surface area is 141 Å². The van der Waals surface area contributed by atoms with Crippen LogP contribution in [0, 0.1) is 5.92 Å². The van der Waals surface area contributed by atoms with Gasteiger partial charge in [0.25, 0.3) is 0 Å². The molecule has 1 saturated carbocycles. The van der Waals surface area contributed by atoms with Crippen molar-refractivity contribution in [2.75, 3.05) is 25.5 Å². The number of nitrogens with two attached hydrogens (primary N) is 1. The molecule has 3 N–H and O–H groups in total. The molecule has 118 valence electrons. The minimum Gasteiger partial charge on any atom is -0.398 e. The first-order valence-electron chi connectivity index (χ1n) is 6.72. The molecule has 1 fully saturated rings. The summed E-state index contributed by atoms with van der Waals surface area (Å²) in [6.45, 7) is 1.68. The maximum atomic E-state index is 12.3. The number of nitrogens with one attached hydrogen (secondary N) is 1. The number of nitrogen functional groups attached to an aromatic ring is 1. The van der Waals surface area contributed by atoms with Crippen LogP contribution in [0.5, 0.6) is 0 Å². The van der Waals surface area contributed by atoms with E-state index in [0.29, 0.717) is 24.0 Å². The number of hydrogen-bond acceptors (Lipinski definition) is 4. The molecule has 0 aliphatic heterocycles. The van der Waals surface area contributed by atoms with E-state index in [1.165, 1.54) is 12.8 Å². The normalized spacial score (nSPS) is 15.3. The monoisotopic (exact) mass is 440 g/mol. The van der Waals surface area contributed by atoms with Crippen LogP contribution in [0.2, 0.25) is 0 Å². The molecule has 0 heterocycles. The van der Waals surface area contributed by atoms with Gasteiger partial charge in [0.2, 0.25) is 10.0 Å². The number of ether oxygens (including phenoxy) is 1. The van der Waals surface area contributed by atoms with E-state index in [4.69, 9.17) is 10.5 Å². The van der Waals surface area contributed by atoms with E-state index >= 15 is 0 Å². The van der Waals surface area contributed by atoms with Crippen molar-refractivity contribution < 1.29 is 13.2 Å². The SMILES string of the molecule is Nc1cc(Br)cc(Br)c1S(=O)(=O)NCCCOCC1CC1. The van der Waals surface area contributed by atoms with Crippen molar-refractivity contribution in [2.24, 2.45) is 5.92 Å². The van der Waals surface area contributed by atoms with Crippen molar-refractivity contribution in [1.29, 1.82) is 0 Å². The van der Waals surface area contributed by atoms with Gasteiger partial charge in [-0.15, -0.1) is 0 Å². The molecule has 21 heavy (non-hydrogen) atoms. The Morgan fingerprint density at radius 1 is 1.33 bits per heavy atom. The Hall–Kier alpha value is -0.150. The van der Waals surface area contributed by atoms with E-state index in [1.54, 1.807) is 12.1 Å². The van der Waals surface area contributed by atoms with Gasteiger partial charge in [-0.3, -0.25) is 0 Å². The van der Waals surface area contributed by atoms with Gasteiger partial charge in [0.15, 0.2) is 0 Å². The van der Waals surface area contributed by atoms with Gasteiger partial charge < -0.3 is 10.5 Å². The first-order valence-corrected chi connectivity index (χ1v) is 9.79. The molecule has 0 spiro atoms. The maximum Gasteiger partial charge on any atom is 0.243 e. The predicted molar refractivity (Wildman–Crippen MR) is 89.6 cm³/mol. The summed E-state index contributed by atoms with van der Waals surface area (Å²) in [4.78, 5) is 0.0737. The van der Waals surface area contributed by atoms with Crippen LogP contribution in [0.4, 0.5) is 5.69 Å². The highest BCUT2D eigenvalue weighted by Gasteiger charge is 2.22. The van der Waals surface area contributed by atoms with E-state index in [0.717, 1.165) is 17.0 Å². The van der Waals surface area contributed by atoms with Gasteiger partial charge in [-0.1, -0.05) is 15.9 Å². The molecule has 0 aromatic heterocycles. The van der Waals surface area contributed by atoms with Gasteiger partial charge in [0.05, 0.1) is 5.69 Å². The molecule has 5 nitrogen and oxygen atoms in total. The van der Waals surface area contributed by atoms with Gasteiger partial charge in [-0.2, -0.15) is 0 Å². The van der Waals surface area contributed by atoms with Gasteiger partial charge in [-0.05, 0) is 53.2 Å². The molecule has 0 radical (unpaired) electrons. The van der Waals surface area contributed by atoms with Crippen molar-refractivity contribution >= 4 is 47.6 Å². The fourth-order valence-electron chi connectivity index (χ4n) is 1.85. The molecular weight excluding hydrogens is 424 g/mol. The molecule has 1 aromatic carbocycles. The van der Waals surface area contributed by atoms with Crippen LogP contribution in [0.15, 0.2) is 26.0 Å². The van der Waals surface area contributed by atoms with E-state index in [2.05, 4.69) is 36.6 Å². The zero-order chi connectivity index (χ0) is 15.5. The van der Waals surface area contributed by atoms with Crippen LogP contribution in [0.3, 0.4) is 0 Å². The van der Waals surface area contributed by atoms with Crippen LogP contribution in [0.25, 0.3) is 0 Å². The third-order valence-corrected chi connectivity index (χ3v) is 6.04. The Kier molecular flexibility index (Phi) is 6.07. The lowest BCUT2D eigenvalue weighted by molar-refractivity contribution is 0.123. The fourth-order valence-corrected chi connectivity index (χ4v) is 4.99. The van der Waals surface area contributed by atoms with Crippen molar-refractivity contribution in [3.8, 4) is 0 Å². The first-order chi connectivity index (χ1) is 9.90. The molecule has 8 heteroatoms. The van der Waals surface area contributed by atoms with Crippen molar-refractivity contribution in [3.63, 3.8) is 0 Å². The summed E-state index contributed by atoms with van der Waals surface area (Å²) in [6, 6.07) is 3.22. The second-order valence-corrected chi connectivity index (χ2v) is 8.55. The fraction of sp³-hybridized carbons (Fsp3) is 0.538. The van der Waals surface area contributed by atoms with Crippen LogP contribution in [0.1, 0.15) is 19.3 Å². The van der Waals surface area contributed by atoms with E-state index < -0.39 is 10.0 Å². The van der Waals surface area contributed by atoms with Gasteiger partial charge in [-0.25, -0.2) is 13.1 Å². The molecule has 0 saturated heterocycles. The summed E-state index contributed by atoms with van der Waals surface area (Å²) >= 11 is 6.51. The van der Waals surface area contributed by atoms with Crippen molar-refractivity contribution in [1.82, 2.24) is 4.72 Å². The third kappa shape index (κ3) is 5.21. The summed E-state index contributed by atoms with van der Waals surface area (Å²) in [6.07, 6.45) is 3.15. The van der Waals surface area contributed by atoms with E-state index in [-0.39, 0.29) is 10.6 Å². The molecule has 2 rings (SSSR count). The van der Waals surface area contributed by atoms with Crippen LogP contribution in [-0.4, -0.2) is 28.2 Å². The number of halogens is 2. The summed E-state index contributed by atoms with van der Waals surface area (Å²) in [5, 5.41) is 0. The Bertz CT molecular complexity index is 580. The van der Waals surface area contributed by atoms with Crippen LogP contribution < -0.4 is 10.5 Å². The minimum atomic E-state index is -3.63. The number of benzene rings is 1. The molecule has 1 aliphatic carbocycles. The minimum absolute atomic E-state index is 0.0737. The lowest BCUT2D eigenvalue weighted by Gasteiger charge is -2.11. The van der Waals surface area contributed by atoms with Crippen LogP contribution in [-0.2, 0) is 14.8 Å². The quantitative estimate of drug-likeness (QED) is 0.480. The highest BCUT2D eigenvalue weighted by atomic mass is 79.9. The van der Waals surface area contributed by atoms with Crippen molar-refractivity contribution in [2.45, 2.75) is 24.2 Å². The second kappa shape index (κ2) is 7.41. The molecule has 1 aliphatic rings. The first kappa shape index (κ1) is 17.2. The zero-order valence-corrected chi connectivity index (χ0v) is 15.4. The highest BCUT2D eigenvalue weighted by molar-refractivity contribution is 9.11. The lowest BCUT2D eigenvalue weighted by atomic mass is 10.3. The average molecular weight is 442 g/mol. The molecule has 0 amide bonds. The van der Waals surface area contributed by atoms with Gasteiger partial charge in [0.1, 0.15) is 4.90 Å². The second-order valence-electron chi connectivity index (χ2n) is 5.08. The number of anilines is 1. The Morgan fingerprint density at radius 2 is 2.05 bits per heavy atom. The van der Waals surface area contributed by atoms with E-state index in [1.807, 2.05) is 0 Å². The third-order valence-electron chi connectivity index (χ3n) is 3.11. The molecule has 0 atom stereocenters. The standard InChI is InChI=1S/C13H18Br2N2O3S/c14-10-6-11(15)13(12(16)7-10)21(18,19)17-4-1-5-20-8-9-2-3-9/h6-7,9,17H,1-5,8,16H2. The summed E-state index contributed by atoms with van der Waals surface area (Å²) in [5.74, 6) is 0.722. The zero-order valence-electron chi connectivity index (χ0n) is 11.4. The highest BCUT2D eigenvalue weighted by Crippen LogP contribution is 2.31. The summed E-state index contributed by atoms with van der Waals surface area (Å²) in [7, 11) is -3.63. The van der Waals surface area contributed by atoms with E-state index in [9.17, 15) is 8.42 Å². The smallest absolute Gasteiger partial charge is 0.243 e. The summed E-state index contributed by atoms with van der Waals surface area (Å²) in [5.41, 5.74) is 6.00. The van der Waals surface area contributed by atoms with Crippen LogP contribution >= 0.6 is 31.9 Å². The number of rotatable bonds is 8. The van der Waals surface area contributed by atoms with Crippen molar-refractivity contribution in [3.05, 3.63) is 21.1 Å². The predicted octanol–water partition coefficient (Wildman–Crippen LogP) is 2.89. The number of sulfonamides is 1. The summed E-state index contributed by atoms with van der Waals surface area (Å²) < 4.78 is 33.7.